The van der Waals surface area contributed by atoms with Crippen molar-refractivity contribution in [2.45, 2.75) is 0 Å². The van der Waals surface area contributed by atoms with Crippen molar-refractivity contribution in [2.75, 3.05) is 7.11 Å². The maximum atomic E-state index is 9.97. The van der Waals surface area contributed by atoms with Crippen molar-refractivity contribution in [1.82, 2.24) is 0 Å². The van der Waals surface area contributed by atoms with Crippen LogP contribution in [0, 0.1) is 0 Å². The Kier molecular flexibility index (Phi) is 3.48. The van der Waals surface area contributed by atoms with Gasteiger partial charge in [-0.3, -0.25) is 0 Å². The Hall–Kier alpha value is -2.49. The summed E-state index contributed by atoms with van der Waals surface area (Å²) >= 11 is 0. The summed E-state index contributed by atoms with van der Waals surface area (Å²) in [5.74, 6) is 6.09. The van der Waals surface area contributed by atoms with Gasteiger partial charge in [0.15, 0.2) is 0 Å². The Morgan fingerprint density at radius 2 is 1.89 bits per heavy atom. The fourth-order valence-electron chi connectivity index (χ4n) is 1.73. The standard InChI is InChI=1S/C14H14N2O2/c1-18-11-7-8-12(13(17)9-11)14(16-15)10-5-3-2-4-6-10/h2-9,17H,15H2,1H3/b16-14+. The van der Waals surface area contributed by atoms with Crippen molar-refractivity contribution in [3.05, 3.63) is 59.7 Å². The summed E-state index contributed by atoms with van der Waals surface area (Å²) in [6.45, 7) is 0. The molecule has 2 rings (SSSR count). The Labute approximate surface area is 105 Å². The number of phenolic OH excluding ortho intramolecular Hbond substituents is 1. The molecular formula is C14H14N2O2. The molecule has 0 spiro atoms. The third-order valence-corrected chi connectivity index (χ3v) is 2.64. The first kappa shape index (κ1) is 12.0. The number of nitrogens with zero attached hydrogens (tertiary/aromatic N) is 1. The number of nitrogens with two attached hydrogens (primary N) is 1. The number of hydrogen-bond acceptors (Lipinski definition) is 4. The average molecular weight is 242 g/mol. The van der Waals surface area contributed by atoms with Gasteiger partial charge in [0.2, 0.25) is 0 Å². The van der Waals surface area contributed by atoms with Crippen LogP contribution >= 0.6 is 0 Å². The van der Waals surface area contributed by atoms with Gasteiger partial charge in [-0.2, -0.15) is 5.10 Å². The monoisotopic (exact) mass is 242 g/mol. The summed E-state index contributed by atoms with van der Waals surface area (Å²) in [5, 5.41) is 13.7. The maximum absolute atomic E-state index is 9.97. The zero-order valence-corrected chi connectivity index (χ0v) is 10.00. The van der Waals surface area contributed by atoms with Crippen LogP contribution in [0.25, 0.3) is 0 Å². The molecule has 0 saturated heterocycles. The maximum Gasteiger partial charge on any atom is 0.128 e. The van der Waals surface area contributed by atoms with Gasteiger partial charge in [-0.05, 0) is 12.1 Å². The van der Waals surface area contributed by atoms with Crippen LogP contribution in [0.2, 0.25) is 0 Å². The van der Waals surface area contributed by atoms with E-state index >= 15 is 0 Å². The summed E-state index contributed by atoms with van der Waals surface area (Å²) in [4.78, 5) is 0. The summed E-state index contributed by atoms with van der Waals surface area (Å²) < 4.78 is 5.04. The van der Waals surface area contributed by atoms with Crippen LogP contribution in [0.15, 0.2) is 53.6 Å². The predicted octanol–water partition coefficient (Wildman–Crippen LogP) is 2.11. The number of ether oxygens (including phenoxy) is 1. The van der Waals surface area contributed by atoms with E-state index in [1.807, 2.05) is 30.3 Å². The highest BCUT2D eigenvalue weighted by atomic mass is 16.5. The lowest BCUT2D eigenvalue weighted by Gasteiger charge is -2.09. The highest BCUT2D eigenvalue weighted by Gasteiger charge is 2.11. The van der Waals surface area contributed by atoms with Gasteiger partial charge in [-0.1, -0.05) is 30.3 Å². The van der Waals surface area contributed by atoms with Crippen LogP contribution in [-0.2, 0) is 0 Å². The van der Waals surface area contributed by atoms with Crippen LogP contribution in [0.1, 0.15) is 11.1 Å². The summed E-state index contributed by atoms with van der Waals surface area (Å²) in [5.41, 5.74) is 1.96. The predicted molar refractivity (Wildman–Crippen MR) is 70.9 cm³/mol. The van der Waals surface area contributed by atoms with E-state index in [4.69, 9.17) is 10.6 Å². The fraction of sp³-hybridized carbons (Fsp3) is 0.0714. The van der Waals surface area contributed by atoms with Gasteiger partial charge < -0.3 is 15.7 Å². The van der Waals surface area contributed by atoms with E-state index in [0.717, 1.165) is 5.56 Å². The quantitative estimate of drug-likeness (QED) is 0.492. The zero-order chi connectivity index (χ0) is 13.0. The molecule has 0 aliphatic rings. The lowest BCUT2D eigenvalue weighted by Crippen LogP contribution is -2.06. The highest BCUT2D eigenvalue weighted by Crippen LogP contribution is 2.25. The second-order valence-electron chi connectivity index (χ2n) is 3.73. The molecule has 0 atom stereocenters. The van der Waals surface area contributed by atoms with Gasteiger partial charge in [0.1, 0.15) is 17.2 Å². The number of phenols is 1. The molecule has 0 saturated carbocycles. The third kappa shape index (κ3) is 2.27. The molecule has 18 heavy (non-hydrogen) atoms. The van der Waals surface area contributed by atoms with Crippen molar-refractivity contribution < 1.29 is 9.84 Å². The molecule has 0 unspecified atom stereocenters. The zero-order valence-electron chi connectivity index (χ0n) is 10.00. The Morgan fingerprint density at radius 3 is 2.44 bits per heavy atom. The molecule has 0 heterocycles. The normalized spacial score (nSPS) is 11.3. The number of aromatic hydroxyl groups is 1. The number of benzene rings is 2. The van der Waals surface area contributed by atoms with Crippen molar-refractivity contribution in [3.63, 3.8) is 0 Å². The third-order valence-electron chi connectivity index (χ3n) is 2.64. The average Bonchev–Trinajstić information content (AvgIpc) is 2.42. The minimum atomic E-state index is 0.0856. The molecule has 2 aromatic rings. The van der Waals surface area contributed by atoms with Gasteiger partial charge >= 0.3 is 0 Å². The molecule has 2 aromatic carbocycles. The Balaban J connectivity index is 2.47. The molecule has 92 valence electrons. The molecule has 0 aromatic heterocycles. The number of hydrogen-bond donors (Lipinski definition) is 2. The summed E-state index contributed by atoms with van der Waals surface area (Å²) in [7, 11) is 1.55. The first-order valence-corrected chi connectivity index (χ1v) is 5.47. The number of methoxy groups -OCH3 is 1. The molecule has 0 amide bonds. The van der Waals surface area contributed by atoms with E-state index in [-0.39, 0.29) is 5.75 Å². The highest BCUT2D eigenvalue weighted by molar-refractivity contribution is 6.14. The van der Waals surface area contributed by atoms with E-state index in [9.17, 15) is 5.11 Å². The summed E-state index contributed by atoms with van der Waals surface area (Å²) in [6.07, 6.45) is 0. The van der Waals surface area contributed by atoms with Crippen molar-refractivity contribution in [2.24, 2.45) is 10.9 Å². The molecule has 4 heteroatoms. The molecule has 0 aliphatic carbocycles. The molecule has 0 radical (unpaired) electrons. The lowest BCUT2D eigenvalue weighted by atomic mass is 10.0. The first-order valence-electron chi connectivity index (χ1n) is 5.47. The van der Waals surface area contributed by atoms with E-state index in [0.29, 0.717) is 17.0 Å². The molecule has 0 bridgehead atoms. The Morgan fingerprint density at radius 1 is 1.17 bits per heavy atom. The van der Waals surface area contributed by atoms with Gasteiger partial charge in [0.05, 0.1) is 7.11 Å². The Bertz CT molecular complexity index is 565. The number of hydrazone groups is 1. The van der Waals surface area contributed by atoms with E-state index in [1.54, 1.807) is 19.2 Å². The van der Waals surface area contributed by atoms with Gasteiger partial charge in [0, 0.05) is 17.2 Å². The largest absolute Gasteiger partial charge is 0.507 e. The van der Waals surface area contributed by atoms with Crippen LogP contribution in [0.3, 0.4) is 0 Å². The first-order chi connectivity index (χ1) is 8.76. The topological polar surface area (TPSA) is 67.8 Å². The molecular weight excluding hydrogens is 228 g/mol. The molecule has 4 nitrogen and oxygen atoms in total. The summed E-state index contributed by atoms with van der Waals surface area (Å²) in [6, 6.07) is 14.5. The van der Waals surface area contributed by atoms with Crippen molar-refractivity contribution in [3.8, 4) is 11.5 Å². The van der Waals surface area contributed by atoms with Crippen molar-refractivity contribution >= 4 is 5.71 Å². The van der Waals surface area contributed by atoms with E-state index in [2.05, 4.69) is 5.10 Å². The SMILES string of the molecule is COc1ccc(/C(=N/N)c2ccccc2)c(O)c1. The van der Waals surface area contributed by atoms with Crippen LogP contribution in [0.4, 0.5) is 0 Å². The minimum absolute atomic E-state index is 0.0856. The van der Waals surface area contributed by atoms with Crippen molar-refractivity contribution in [1.29, 1.82) is 0 Å². The second-order valence-corrected chi connectivity index (χ2v) is 3.73. The molecule has 0 fully saturated rings. The van der Waals surface area contributed by atoms with E-state index in [1.165, 1.54) is 6.07 Å². The van der Waals surface area contributed by atoms with Gasteiger partial charge in [-0.15, -0.1) is 0 Å². The van der Waals surface area contributed by atoms with Crippen LogP contribution < -0.4 is 10.6 Å². The fourth-order valence-corrected chi connectivity index (χ4v) is 1.73. The van der Waals surface area contributed by atoms with Gasteiger partial charge in [0.25, 0.3) is 0 Å². The smallest absolute Gasteiger partial charge is 0.128 e. The molecule has 3 N–H and O–H groups in total. The van der Waals surface area contributed by atoms with Gasteiger partial charge in [-0.25, -0.2) is 0 Å². The molecule has 0 aliphatic heterocycles. The van der Waals surface area contributed by atoms with Crippen LogP contribution in [0.5, 0.6) is 11.5 Å². The van der Waals surface area contributed by atoms with E-state index < -0.39 is 0 Å². The number of rotatable bonds is 3. The minimum Gasteiger partial charge on any atom is -0.507 e. The van der Waals surface area contributed by atoms with Crippen LogP contribution in [-0.4, -0.2) is 17.9 Å². The second kappa shape index (κ2) is 5.23. The lowest BCUT2D eigenvalue weighted by molar-refractivity contribution is 0.407.